The van der Waals surface area contributed by atoms with Gasteiger partial charge >= 0.3 is 20.7 Å². The molecule has 8 heteroatoms. The molecule has 0 heterocycles. The minimum atomic E-state index is -2.91. The minimum Gasteiger partial charge on any atom is -0.462 e. The molecule has 0 aliphatic rings. The van der Waals surface area contributed by atoms with Gasteiger partial charge in [0, 0.05) is 44.4 Å². The van der Waals surface area contributed by atoms with Crippen LogP contribution in [0.25, 0.3) is 0 Å². The van der Waals surface area contributed by atoms with Crippen molar-refractivity contribution in [3.05, 3.63) is 24.3 Å². The van der Waals surface area contributed by atoms with Gasteiger partial charge in [-0.1, -0.05) is 13.2 Å². The Morgan fingerprint density at radius 1 is 0.870 bits per heavy atom. The first-order chi connectivity index (χ1) is 10.7. The molecule has 0 fully saturated rings. The van der Waals surface area contributed by atoms with Gasteiger partial charge in [0.05, 0.1) is 13.2 Å². The molecular formula is C15H26O7Si. The Bertz CT molecular complexity index is 405. The van der Waals surface area contributed by atoms with Crippen molar-refractivity contribution in [1.29, 1.82) is 0 Å². The molecule has 0 rings (SSSR count). The van der Waals surface area contributed by atoms with Crippen molar-refractivity contribution >= 4 is 20.7 Å². The number of carbonyl (C=O) groups is 2. The predicted molar refractivity (Wildman–Crippen MR) is 86.6 cm³/mol. The van der Waals surface area contributed by atoms with Crippen LogP contribution in [0.4, 0.5) is 0 Å². The molecule has 0 aliphatic heterocycles. The zero-order chi connectivity index (χ0) is 18.0. The van der Waals surface area contributed by atoms with E-state index in [0.29, 0.717) is 6.04 Å². The summed E-state index contributed by atoms with van der Waals surface area (Å²) in [5.74, 6) is -1.37. The lowest BCUT2D eigenvalue weighted by Crippen LogP contribution is -2.46. The van der Waals surface area contributed by atoms with Crippen molar-refractivity contribution in [2.45, 2.75) is 19.9 Å². The lowest BCUT2D eigenvalue weighted by atomic mass is 10.2. The van der Waals surface area contributed by atoms with Crippen LogP contribution < -0.4 is 0 Å². The predicted octanol–water partition coefficient (Wildman–Crippen LogP) is 1.72. The number of esters is 2. The number of hydrogen-bond donors (Lipinski definition) is 0. The quantitative estimate of drug-likeness (QED) is 0.320. The summed E-state index contributed by atoms with van der Waals surface area (Å²) >= 11 is 0. The molecule has 0 aromatic rings. The van der Waals surface area contributed by atoms with Gasteiger partial charge in [0.2, 0.25) is 0 Å². The van der Waals surface area contributed by atoms with Gasteiger partial charge in [-0.15, -0.1) is 0 Å². The maximum Gasteiger partial charge on any atom is 0.500 e. The average Bonchev–Trinajstić information content (AvgIpc) is 2.53. The largest absolute Gasteiger partial charge is 0.500 e. The highest BCUT2D eigenvalue weighted by Crippen LogP contribution is 2.21. The van der Waals surface area contributed by atoms with Crippen molar-refractivity contribution in [2.75, 3.05) is 34.5 Å². The van der Waals surface area contributed by atoms with Gasteiger partial charge in [-0.3, -0.25) is 0 Å². The van der Waals surface area contributed by atoms with Crippen molar-refractivity contribution in [3.8, 4) is 0 Å². The molecule has 0 spiro atoms. The molecule has 0 aromatic heterocycles. The number of ether oxygens (including phenoxy) is 2. The second-order valence-electron chi connectivity index (χ2n) is 5.12. The fourth-order valence-electron chi connectivity index (χ4n) is 1.65. The van der Waals surface area contributed by atoms with Crippen molar-refractivity contribution in [1.82, 2.24) is 0 Å². The van der Waals surface area contributed by atoms with Crippen LogP contribution in [0.5, 0.6) is 0 Å². The molecule has 0 atom stereocenters. The Labute approximate surface area is 138 Å². The SMILES string of the molecule is C=C(C)C(=O)OCC(COC(=O)C(=C)C)C[Si](OC)(OC)OC. The van der Waals surface area contributed by atoms with E-state index in [0.717, 1.165) is 0 Å². The topological polar surface area (TPSA) is 80.3 Å². The summed E-state index contributed by atoms with van der Waals surface area (Å²) in [7, 11) is 1.54. The molecule has 0 N–H and O–H groups in total. The Balaban J connectivity index is 4.90. The maximum atomic E-state index is 11.5. The van der Waals surface area contributed by atoms with E-state index in [-0.39, 0.29) is 30.3 Å². The maximum absolute atomic E-state index is 11.5. The minimum absolute atomic E-state index is 0.0278. The lowest BCUT2D eigenvalue weighted by Gasteiger charge is -2.28. The third kappa shape index (κ3) is 7.55. The van der Waals surface area contributed by atoms with E-state index in [1.807, 2.05) is 0 Å². The molecule has 0 saturated carbocycles. The summed E-state index contributed by atoms with van der Waals surface area (Å²) in [5.41, 5.74) is 0.577. The van der Waals surface area contributed by atoms with Gasteiger partial charge in [-0.25, -0.2) is 9.59 Å². The van der Waals surface area contributed by atoms with E-state index in [1.54, 1.807) is 13.8 Å². The first-order valence-electron chi connectivity index (χ1n) is 7.02. The third-order valence-electron chi connectivity index (χ3n) is 3.07. The average molecular weight is 346 g/mol. The molecular weight excluding hydrogens is 320 g/mol. The van der Waals surface area contributed by atoms with Crippen LogP contribution in [-0.2, 0) is 32.3 Å². The van der Waals surface area contributed by atoms with Crippen LogP contribution in [-0.4, -0.2) is 55.3 Å². The highest BCUT2D eigenvalue weighted by molar-refractivity contribution is 6.60. The van der Waals surface area contributed by atoms with Gasteiger partial charge in [0.15, 0.2) is 0 Å². The normalized spacial score (nSPS) is 11.2. The Morgan fingerprint density at radius 2 is 1.22 bits per heavy atom. The van der Waals surface area contributed by atoms with Gasteiger partial charge < -0.3 is 22.8 Å². The van der Waals surface area contributed by atoms with E-state index in [4.69, 9.17) is 22.8 Å². The second-order valence-corrected chi connectivity index (χ2v) is 8.12. The summed E-state index contributed by atoms with van der Waals surface area (Å²) in [6.07, 6.45) is 0. The Morgan fingerprint density at radius 3 is 1.48 bits per heavy atom. The van der Waals surface area contributed by atoms with Gasteiger partial charge in [-0.2, -0.15) is 0 Å². The third-order valence-corrected chi connectivity index (χ3v) is 6.01. The first kappa shape index (κ1) is 21.5. The molecule has 0 amide bonds. The van der Waals surface area contributed by atoms with Crippen LogP contribution in [0.15, 0.2) is 24.3 Å². The summed E-state index contributed by atoms with van der Waals surface area (Å²) in [6.45, 7) is 10.2. The molecule has 0 saturated heterocycles. The van der Waals surface area contributed by atoms with Crippen molar-refractivity contribution < 1.29 is 32.3 Å². The molecule has 7 nitrogen and oxygen atoms in total. The number of carbonyl (C=O) groups excluding carboxylic acids is 2. The van der Waals surface area contributed by atoms with Crippen molar-refractivity contribution in [3.63, 3.8) is 0 Å². The molecule has 0 aliphatic carbocycles. The highest BCUT2D eigenvalue weighted by Gasteiger charge is 2.41. The van der Waals surface area contributed by atoms with E-state index < -0.39 is 20.7 Å². The summed E-state index contributed by atoms with van der Waals surface area (Å²) in [4.78, 5) is 23.1. The Kier molecular flexibility index (Phi) is 9.66. The first-order valence-corrected chi connectivity index (χ1v) is 8.95. The fourth-order valence-corrected chi connectivity index (χ4v) is 3.60. The number of hydrogen-bond acceptors (Lipinski definition) is 7. The van der Waals surface area contributed by atoms with Crippen LogP contribution in [0.3, 0.4) is 0 Å². The van der Waals surface area contributed by atoms with E-state index >= 15 is 0 Å². The van der Waals surface area contributed by atoms with Crippen LogP contribution in [0.2, 0.25) is 6.04 Å². The monoisotopic (exact) mass is 346 g/mol. The molecule has 0 unspecified atom stereocenters. The molecule has 23 heavy (non-hydrogen) atoms. The van der Waals surface area contributed by atoms with Gasteiger partial charge in [0.25, 0.3) is 0 Å². The standard InChI is InChI=1S/C15H26O7Si/c1-11(2)14(16)21-8-13(9-22-15(17)12(3)4)10-23(18-5,19-6)20-7/h13H,1,3,8-10H2,2,4-7H3. The van der Waals surface area contributed by atoms with Gasteiger partial charge in [0.1, 0.15) is 0 Å². The van der Waals surface area contributed by atoms with Crippen LogP contribution >= 0.6 is 0 Å². The molecule has 0 aromatic carbocycles. The lowest BCUT2D eigenvalue weighted by molar-refractivity contribution is -0.144. The zero-order valence-corrected chi connectivity index (χ0v) is 15.5. The fraction of sp³-hybridized carbons (Fsp3) is 0.600. The number of rotatable bonds is 11. The Hall–Kier alpha value is -1.48. The van der Waals surface area contributed by atoms with Crippen LogP contribution in [0, 0.1) is 5.92 Å². The molecule has 132 valence electrons. The molecule has 0 bridgehead atoms. The zero-order valence-electron chi connectivity index (χ0n) is 14.5. The summed E-state index contributed by atoms with van der Waals surface area (Å²) < 4.78 is 26.3. The molecule has 0 radical (unpaired) electrons. The smallest absolute Gasteiger partial charge is 0.462 e. The van der Waals surface area contributed by atoms with Crippen molar-refractivity contribution in [2.24, 2.45) is 5.92 Å². The van der Waals surface area contributed by atoms with Gasteiger partial charge in [-0.05, 0) is 13.8 Å². The van der Waals surface area contributed by atoms with E-state index in [1.165, 1.54) is 21.3 Å². The summed E-state index contributed by atoms with van der Waals surface area (Å²) in [6, 6.07) is 0.323. The second kappa shape index (κ2) is 10.3. The van der Waals surface area contributed by atoms with E-state index in [2.05, 4.69) is 13.2 Å². The summed E-state index contributed by atoms with van der Waals surface area (Å²) in [5, 5.41) is 0. The highest BCUT2D eigenvalue weighted by atomic mass is 28.4. The van der Waals surface area contributed by atoms with E-state index in [9.17, 15) is 9.59 Å². The van der Waals surface area contributed by atoms with Crippen LogP contribution in [0.1, 0.15) is 13.8 Å².